The molecule has 2 unspecified atom stereocenters. The highest BCUT2D eigenvalue weighted by atomic mass is 16.6. The van der Waals surface area contributed by atoms with Crippen molar-refractivity contribution in [1.29, 1.82) is 0 Å². The van der Waals surface area contributed by atoms with E-state index in [4.69, 9.17) is 10.2 Å². The van der Waals surface area contributed by atoms with Crippen LogP contribution in [0.2, 0.25) is 0 Å². The van der Waals surface area contributed by atoms with E-state index >= 15 is 0 Å². The number of ether oxygens (including phenoxy) is 1. The van der Waals surface area contributed by atoms with E-state index in [0.717, 1.165) is 0 Å². The van der Waals surface area contributed by atoms with E-state index < -0.39 is 18.4 Å². The fraction of sp³-hybridized carbons (Fsp3) is 0.778. The van der Waals surface area contributed by atoms with Crippen molar-refractivity contribution in [2.75, 3.05) is 20.2 Å². The molecule has 0 spiro atoms. The van der Waals surface area contributed by atoms with Gasteiger partial charge in [0.05, 0.1) is 6.54 Å². The Balaban J connectivity index is 2.44. The van der Waals surface area contributed by atoms with Crippen LogP contribution in [-0.4, -0.2) is 59.6 Å². The molecule has 1 aliphatic rings. The van der Waals surface area contributed by atoms with Crippen LogP contribution in [0.5, 0.6) is 0 Å². The summed E-state index contributed by atoms with van der Waals surface area (Å²) < 4.78 is 4.49. The SMILES string of the molecule is COC(O)NCC(=O)N1CCCC1C(=O)O. The van der Waals surface area contributed by atoms with E-state index in [1.807, 2.05) is 0 Å². The monoisotopic (exact) mass is 232 g/mol. The maximum absolute atomic E-state index is 11.6. The van der Waals surface area contributed by atoms with Gasteiger partial charge >= 0.3 is 5.97 Å². The number of hydrogen-bond acceptors (Lipinski definition) is 5. The minimum absolute atomic E-state index is 0.140. The first-order valence-corrected chi connectivity index (χ1v) is 5.02. The number of carbonyl (C=O) groups is 2. The summed E-state index contributed by atoms with van der Waals surface area (Å²) in [6.07, 6.45) is -0.0430. The Hall–Kier alpha value is -1.18. The summed E-state index contributed by atoms with van der Waals surface area (Å²) >= 11 is 0. The van der Waals surface area contributed by atoms with E-state index in [0.29, 0.717) is 19.4 Å². The van der Waals surface area contributed by atoms with Crippen molar-refractivity contribution in [1.82, 2.24) is 10.2 Å². The van der Waals surface area contributed by atoms with Gasteiger partial charge in [-0.1, -0.05) is 0 Å². The van der Waals surface area contributed by atoms with Crippen LogP contribution in [0.1, 0.15) is 12.8 Å². The number of aliphatic carboxylic acids is 1. The number of carboxylic acid groups (broad SMARTS) is 1. The molecule has 1 aliphatic heterocycles. The molecule has 0 saturated carbocycles. The second kappa shape index (κ2) is 5.78. The van der Waals surface area contributed by atoms with Gasteiger partial charge in [0.15, 0.2) is 0 Å². The van der Waals surface area contributed by atoms with Crippen LogP contribution in [0.15, 0.2) is 0 Å². The zero-order valence-electron chi connectivity index (χ0n) is 9.05. The molecule has 1 fully saturated rings. The number of methoxy groups -OCH3 is 1. The van der Waals surface area contributed by atoms with Gasteiger partial charge in [-0.15, -0.1) is 0 Å². The van der Waals surface area contributed by atoms with Crippen molar-refractivity contribution in [3.05, 3.63) is 0 Å². The molecule has 3 N–H and O–H groups in total. The third-order valence-electron chi connectivity index (χ3n) is 2.51. The predicted molar refractivity (Wildman–Crippen MR) is 53.4 cm³/mol. The normalized spacial score (nSPS) is 22.1. The predicted octanol–water partition coefficient (Wildman–Crippen LogP) is -1.43. The lowest BCUT2D eigenvalue weighted by atomic mass is 10.2. The van der Waals surface area contributed by atoms with Gasteiger partial charge < -0.3 is 19.8 Å². The van der Waals surface area contributed by atoms with Gasteiger partial charge in [0.25, 0.3) is 0 Å². The first-order valence-electron chi connectivity index (χ1n) is 5.02. The van der Waals surface area contributed by atoms with E-state index in [-0.39, 0.29) is 12.5 Å². The molecule has 1 saturated heterocycles. The summed E-state index contributed by atoms with van der Waals surface area (Å²) in [5.41, 5.74) is 0. The molecular weight excluding hydrogens is 216 g/mol. The summed E-state index contributed by atoms with van der Waals surface area (Å²) in [5, 5.41) is 20.3. The Labute approximate surface area is 93.0 Å². The zero-order chi connectivity index (χ0) is 12.1. The first kappa shape index (κ1) is 12.9. The lowest BCUT2D eigenvalue weighted by Gasteiger charge is -2.22. The van der Waals surface area contributed by atoms with E-state index in [1.54, 1.807) is 0 Å². The molecule has 92 valence electrons. The molecule has 1 heterocycles. The number of aliphatic hydroxyl groups is 1. The Morgan fingerprint density at radius 1 is 1.62 bits per heavy atom. The third-order valence-corrected chi connectivity index (χ3v) is 2.51. The van der Waals surface area contributed by atoms with Crippen LogP contribution in [0.3, 0.4) is 0 Å². The molecule has 0 aromatic heterocycles. The van der Waals surface area contributed by atoms with Gasteiger partial charge in [-0.3, -0.25) is 10.1 Å². The van der Waals surface area contributed by atoms with Crippen molar-refractivity contribution in [2.45, 2.75) is 25.3 Å². The summed E-state index contributed by atoms with van der Waals surface area (Å²) in [7, 11) is 1.29. The molecular formula is C9H16N2O5. The van der Waals surface area contributed by atoms with E-state index in [2.05, 4.69) is 10.1 Å². The molecule has 7 nitrogen and oxygen atoms in total. The lowest BCUT2D eigenvalue weighted by Crippen LogP contribution is -2.46. The average Bonchev–Trinajstić information content (AvgIpc) is 2.74. The van der Waals surface area contributed by atoms with Crippen LogP contribution in [0.4, 0.5) is 0 Å². The van der Waals surface area contributed by atoms with Gasteiger partial charge in [0.2, 0.25) is 12.3 Å². The summed E-state index contributed by atoms with van der Waals surface area (Å²) in [6.45, 7) is 0.305. The molecule has 0 radical (unpaired) electrons. The molecule has 0 bridgehead atoms. The maximum Gasteiger partial charge on any atom is 0.326 e. The number of rotatable bonds is 5. The van der Waals surface area contributed by atoms with Gasteiger partial charge in [-0.2, -0.15) is 0 Å². The van der Waals surface area contributed by atoms with Gasteiger partial charge in [0.1, 0.15) is 6.04 Å². The van der Waals surface area contributed by atoms with E-state index in [9.17, 15) is 9.59 Å². The maximum atomic E-state index is 11.6. The van der Waals surface area contributed by atoms with Crippen molar-refractivity contribution in [3.8, 4) is 0 Å². The van der Waals surface area contributed by atoms with Crippen molar-refractivity contribution >= 4 is 11.9 Å². The smallest absolute Gasteiger partial charge is 0.326 e. The van der Waals surface area contributed by atoms with Crippen molar-refractivity contribution in [2.24, 2.45) is 0 Å². The summed E-state index contributed by atoms with van der Waals surface area (Å²) in [5.74, 6) is -1.33. The number of aliphatic hydroxyl groups excluding tert-OH is 1. The third kappa shape index (κ3) is 3.16. The van der Waals surface area contributed by atoms with Crippen LogP contribution in [0, 0.1) is 0 Å². The molecule has 0 aromatic carbocycles. The van der Waals surface area contributed by atoms with E-state index in [1.165, 1.54) is 12.0 Å². The standard InChI is InChI=1S/C9H16N2O5/c1-16-9(15)10-5-7(12)11-4-2-3-6(11)8(13)14/h6,9-10,15H,2-5H2,1H3,(H,13,14). The lowest BCUT2D eigenvalue weighted by molar-refractivity contribution is -0.149. The van der Waals surface area contributed by atoms with Crippen LogP contribution >= 0.6 is 0 Å². The van der Waals surface area contributed by atoms with Crippen LogP contribution < -0.4 is 5.32 Å². The summed E-state index contributed by atoms with van der Waals surface area (Å²) in [6, 6.07) is -0.742. The minimum Gasteiger partial charge on any atom is -0.480 e. The Bertz CT molecular complexity index is 271. The number of hydrogen-bond donors (Lipinski definition) is 3. The Morgan fingerprint density at radius 3 is 2.88 bits per heavy atom. The quantitative estimate of drug-likeness (QED) is 0.503. The first-order chi connectivity index (χ1) is 7.56. The topological polar surface area (TPSA) is 99.1 Å². The number of nitrogens with zero attached hydrogens (tertiary/aromatic N) is 1. The van der Waals surface area contributed by atoms with Crippen molar-refractivity contribution < 1.29 is 24.5 Å². The fourth-order valence-corrected chi connectivity index (χ4v) is 1.68. The van der Waals surface area contributed by atoms with Gasteiger partial charge in [-0.05, 0) is 12.8 Å². The number of likely N-dealkylation sites (tertiary alicyclic amines) is 1. The highest BCUT2D eigenvalue weighted by Gasteiger charge is 2.33. The Morgan fingerprint density at radius 2 is 2.31 bits per heavy atom. The summed E-state index contributed by atoms with van der Waals surface area (Å²) in [4.78, 5) is 23.7. The second-order valence-corrected chi connectivity index (χ2v) is 3.55. The molecule has 16 heavy (non-hydrogen) atoms. The molecule has 7 heteroatoms. The van der Waals surface area contributed by atoms with Crippen molar-refractivity contribution in [3.63, 3.8) is 0 Å². The van der Waals surface area contributed by atoms with Crippen LogP contribution in [0.25, 0.3) is 0 Å². The number of carbonyl (C=O) groups excluding carboxylic acids is 1. The molecule has 0 aliphatic carbocycles. The number of carboxylic acids is 1. The zero-order valence-corrected chi connectivity index (χ0v) is 9.05. The molecule has 0 aromatic rings. The molecule has 1 rings (SSSR count). The highest BCUT2D eigenvalue weighted by molar-refractivity contribution is 5.85. The van der Waals surface area contributed by atoms with Gasteiger partial charge in [-0.25, -0.2) is 4.79 Å². The molecule has 2 atom stereocenters. The number of amides is 1. The highest BCUT2D eigenvalue weighted by Crippen LogP contribution is 2.17. The molecule has 1 amide bonds. The van der Waals surface area contributed by atoms with Crippen LogP contribution in [-0.2, 0) is 14.3 Å². The largest absolute Gasteiger partial charge is 0.480 e. The number of nitrogens with one attached hydrogen (secondary N) is 1. The second-order valence-electron chi connectivity index (χ2n) is 3.55. The minimum atomic E-state index is -1.21. The average molecular weight is 232 g/mol. The Kier molecular flexibility index (Phi) is 4.66. The fourth-order valence-electron chi connectivity index (χ4n) is 1.68. The van der Waals surface area contributed by atoms with Gasteiger partial charge in [0, 0.05) is 13.7 Å².